The standard InChI is InChI=1S/C20H17F3N2O6S2/c1-30-10-12-17(11-5-3-2-4-6-11)19(12,18(26)27)25-33(28,29)16-8-7-14(32-16)13-9-15(31-24-13)20(21,22)23/h2-9,12,17,25H,10H2,1H3,(H,26,27). The van der Waals surface area contributed by atoms with Gasteiger partial charge in [-0.05, 0) is 17.7 Å². The van der Waals surface area contributed by atoms with Gasteiger partial charge in [-0.2, -0.15) is 17.9 Å². The third-order valence-corrected chi connectivity index (χ3v) is 8.50. The first-order valence-electron chi connectivity index (χ1n) is 9.46. The number of nitrogens with zero attached hydrogens (tertiary/aromatic N) is 1. The molecule has 0 radical (unpaired) electrons. The minimum absolute atomic E-state index is 0.00320. The van der Waals surface area contributed by atoms with Crippen LogP contribution in [0.15, 0.2) is 57.3 Å². The highest BCUT2D eigenvalue weighted by Crippen LogP contribution is 2.58. The second-order valence-electron chi connectivity index (χ2n) is 7.42. The smallest absolute Gasteiger partial charge is 0.452 e. The second-order valence-corrected chi connectivity index (χ2v) is 10.4. The number of aliphatic carboxylic acids is 1. The summed E-state index contributed by atoms with van der Waals surface area (Å²) in [5.41, 5.74) is -1.39. The molecule has 0 saturated heterocycles. The first kappa shape index (κ1) is 23.4. The molecular weight excluding hydrogens is 485 g/mol. The predicted molar refractivity (Wildman–Crippen MR) is 110 cm³/mol. The van der Waals surface area contributed by atoms with Gasteiger partial charge in [0.1, 0.15) is 15.4 Å². The Morgan fingerprint density at radius 1 is 1.27 bits per heavy atom. The zero-order chi connectivity index (χ0) is 24.0. The van der Waals surface area contributed by atoms with Gasteiger partial charge in [0.2, 0.25) is 5.76 Å². The largest absolute Gasteiger partial charge is 0.480 e. The molecular formula is C20H17F3N2O6S2. The molecule has 1 aliphatic rings. The summed E-state index contributed by atoms with van der Waals surface area (Å²) in [5.74, 6) is -4.01. The summed E-state index contributed by atoms with van der Waals surface area (Å²) in [6, 6.07) is 11.7. The van der Waals surface area contributed by atoms with Crippen molar-refractivity contribution in [2.24, 2.45) is 5.92 Å². The highest BCUT2D eigenvalue weighted by atomic mass is 32.2. The van der Waals surface area contributed by atoms with E-state index in [1.165, 1.54) is 19.2 Å². The Balaban J connectivity index is 1.65. The van der Waals surface area contributed by atoms with Gasteiger partial charge in [0.15, 0.2) is 0 Å². The number of rotatable bonds is 8. The molecule has 2 aromatic heterocycles. The summed E-state index contributed by atoms with van der Waals surface area (Å²) in [4.78, 5) is 12.4. The molecule has 176 valence electrons. The molecule has 2 N–H and O–H groups in total. The fraction of sp³-hybridized carbons (Fsp3) is 0.300. The van der Waals surface area contributed by atoms with Crippen LogP contribution in [0.1, 0.15) is 17.2 Å². The Morgan fingerprint density at radius 2 is 1.97 bits per heavy atom. The summed E-state index contributed by atoms with van der Waals surface area (Å²) < 4.78 is 75.9. The Labute approximate surface area is 190 Å². The number of hydrogen-bond acceptors (Lipinski definition) is 7. The molecule has 0 spiro atoms. The third kappa shape index (κ3) is 4.16. The molecule has 13 heteroatoms. The van der Waals surface area contributed by atoms with Gasteiger partial charge in [0.05, 0.1) is 11.5 Å². The van der Waals surface area contributed by atoms with Crippen molar-refractivity contribution in [1.29, 1.82) is 0 Å². The van der Waals surface area contributed by atoms with Crippen molar-refractivity contribution in [3.8, 4) is 10.6 Å². The monoisotopic (exact) mass is 502 g/mol. The number of nitrogens with one attached hydrogen (secondary N) is 1. The summed E-state index contributed by atoms with van der Waals surface area (Å²) in [6.45, 7) is 0.00320. The number of ether oxygens (including phenoxy) is 1. The average Bonchev–Trinajstić information content (AvgIpc) is 3.17. The number of carboxylic acid groups (broad SMARTS) is 1. The molecule has 0 amide bonds. The number of carboxylic acids is 1. The lowest BCUT2D eigenvalue weighted by atomic mass is 10.1. The Bertz CT molecular complexity index is 1270. The van der Waals surface area contributed by atoms with Crippen LogP contribution < -0.4 is 4.72 Å². The van der Waals surface area contributed by atoms with E-state index in [-0.39, 0.29) is 21.4 Å². The number of benzene rings is 1. The molecule has 1 fully saturated rings. The summed E-state index contributed by atoms with van der Waals surface area (Å²) >= 11 is 0.644. The van der Waals surface area contributed by atoms with Gasteiger partial charge in [-0.3, -0.25) is 4.79 Å². The molecule has 4 rings (SSSR count). The van der Waals surface area contributed by atoms with Crippen molar-refractivity contribution in [2.75, 3.05) is 13.7 Å². The Kier molecular flexibility index (Phi) is 5.85. The van der Waals surface area contributed by atoms with E-state index in [1.807, 2.05) is 0 Å². The van der Waals surface area contributed by atoms with Crippen molar-refractivity contribution in [1.82, 2.24) is 9.88 Å². The van der Waals surface area contributed by atoms with Gasteiger partial charge in [-0.25, -0.2) is 8.42 Å². The summed E-state index contributed by atoms with van der Waals surface area (Å²) in [5, 5.41) is 13.3. The molecule has 3 atom stereocenters. The van der Waals surface area contributed by atoms with E-state index < -0.39 is 45.3 Å². The topological polar surface area (TPSA) is 119 Å². The maximum Gasteiger partial charge on any atom is 0.452 e. The normalized spacial score (nSPS) is 22.9. The lowest BCUT2D eigenvalue weighted by Crippen LogP contribution is -2.46. The zero-order valence-electron chi connectivity index (χ0n) is 16.9. The highest BCUT2D eigenvalue weighted by Gasteiger charge is 2.72. The summed E-state index contributed by atoms with van der Waals surface area (Å²) in [6.07, 6.45) is -4.73. The van der Waals surface area contributed by atoms with Crippen molar-refractivity contribution in [3.05, 3.63) is 59.9 Å². The lowest BCUT2D eigenvalue weighted by molar-refractivity contribution is -0.155. The molecule has 1 aromatic carbocycles. The maximum absolute atomic E-state index is 13.1. The van der Waals surface area contributed by atoms with Crippen LogP contribution in [0, 0.1) is 5.92 Å². The minimum atomic E-state index is -4.73. The van der Waals surface area contributed by atoms with E-state index >= 15 is 0 Å². The van der Waals surface area contributed by atoms with Crippen molar-refractivity contribution >= 4 is 27.3 Å². The van der Waals surface area contributed by atoms with E-state index in [4.69, 9.17) is 4.74 Å². The van der Waals surface area contributed by atoms with Crippen LogP contribution >= 0.6 is 11.3 Å². The molecule has 3 aromatic rings. The van der Waals surface area contributed by atoms with Gasteiger partial charge in [-0.1, -0.05) is 35.5 Å². The Hall–Kier alpha value is -2.74. The number of hydrogen-bond donors (Lipinski definition) is 2. The molecule has 1 aliphatic carbocycles. The molecule has 2 heterocycles. The van der Waals surface area contributed by atoms with Crippen LogP contribution in [0.25, 0.3) is 10.6 Å². The third-order valence-electron chi connectivity index (χ3n) is 5.42. The number of methoxy groups -OCH3 is 1. The van der Waals surface area contributed by atoms with Crippen LogP contribution in [-0.2, 0) is 25.7 Å². The van der Waals surface area contributed by atoms with Gasteiger partial charge < -0.3 is 14.4 Å². The van der Waals surface area contributed by atoms with E-state index in [9.17, 15) is 31.5 Å². The first-order valence-corrected chi connectivity index (χ1v) is 11.8. The van der Waals surface area contributed by atoms with Gasteiger partial charge in [0.25, 0.3) is 10.0 Å². The van der Waals surface area contributed by atoms with Crippen LogP contribution in [-0.4, -0.2) is 43.9 Å². The Morgan fingerprint density at radius 3 is 2.55 bits per heavy atom. The van der Waals surface area contributed by atoms with Gasteiger partial charge in [0, 0.05) is 25.0 Å². The molecule has 33 heavy (non-hydrogen) atoms. The van der Waals surface area contributed by atoms with Crippen LogP contribution in [0.4, 0.5) is 13.2 Å². The van der Waals surface area contributed by atoms with E-state index in [2.05, 4.69) is 14.4 Å². The lowest BCUT2D eigenvalue weighted by Gasteiger charge is -2.15. The molecule has 1 saturated carbocycles. The number of sulfonamides is 1. The van der Waals surface area contributed by atoms with Crippen LogP contribution in [0.3, 0.4) is 0 Å². The SMILES string of the molecule is COCC1C(c2ccccc2)C1(NS(=O)(=O)c1ccc(-c2cc(C(F)(F)F)on2)s1)C(=O)O. The molecule has 0 aliphatic heterocycles. The van der Waals surface area contributed by atoms with Crippen molar-refractivity contribution < 1.29 is 40.8 Å². The fourth-order valence-corrected chi connectivity index (χ4v) is 6.58. The quantitative estimate of drug-likeness (QED) is 0.483. The van der Waals surface area contributed by atoms with Gasteiger partial charge >= 0.3 is 12.1 Å². The first-order chi connectivity index (χ1) is 15.5. The molecule has 3 unspecified atom stereocenters. The maximum atomic E-state index is 13.1. The van der Waals surface area contributed by atoms with Crippen molar-refractivity contribution in [3.63, 3.8) is 0 Å². The minimum Gasteiger partial charge on any atom is -0.480 e. The van der Waals surface area contributed by atoms with Crippen LogP contribution in [0.5, 0.6) is 0 Å². The average molecular weight is 502 g/mol. The number of thiophene rings is 1. The number of alkyl halides is 3. The second kappa shape index (κ2) is 8.24. The number of halogens is 3. The van der Waals surface area contributed by atoms with E-state index in [0.29, 0.717) is 23.0 Å². The number of carbonyl (C=O) groups is 1. The fourth-order valence-electron chi connectivity index (χ4n) is 3.90. The molecule has 0 bridgehead atoms. The highest BCUT2D eigenvalue weighted by molar-refractivity contribution is 7.91. The predicted octanol–water partition coefficient (Wildman–Crippen LogP) is 3.58. The molecule has 8 nitrogen and oxygen atoms in total. The van der Waals surface area contributed by atoms with E-state index in [1.54, 1.807) is 30.3 Å². The number of aromatic nitrogens is 1. The zero-order valence-corrected chi connectivity index (χ0v) is 18.5. The van der Waals surface area contributed by atoms with Gasteiger partial charge in [-0.15, -0.1) is 11.3 Å². The van der Waals surface area contributed by atoms with E-state index in [0.717, 1.165) is 0 Å². The summed E-state index contributed by atoms with van der Waals surface area (Å²) in [7, 11) is -2.96. The van der Waals surface area contributed by atoms with Crippen LogP contribution in [0.2, 0.25) is 0 Å². The van der Waals surface area contributed by atoms with Crippen molar-refractivity contribution in [2.45, 2.75) is 21.8 Å².